The molecule has 0 bridgehead atoms. The molecule has 3 nitrogen and oxygen atoms in total. The second-order valence-electron chi connectivity index (χ2n) is 3.21. The Balaban J connectivity index is 2.25. The number of hydrogen-bond acceptors (Lipinski definition) is 4. The van der Waals surface area contributed by atoms with Crippen molar-refractivity contribution in [2.75, 3.05) is 7.11 Å². The number of methoxy groups -OCH3 is 1. The molecule has 0 saturated carbocycles. The van der Waals surface area contributed by atoms with Gasteiger partial charge in [0.1, 0.15) is 5.75 Å². The van der Waals surface area contributed by atoms with Crippen molar-refractivity contribution in [3.63, 3.8) is 0 Å². The highest BCUT2D eigenvalue weighted by atomic mass is 32.2. The number of carbonyl (C=O) groups is 1. The van der Waals surface area contributed by atoms with Crippen molar-refractivity contribution >= 4 is 29.1 Å². The van der Waals surface area contributed by atoms with E-state index in [1.807, 2.05) is 24.3 Å². The third kappa shape index (κ3) is 2.81. The quantitative estimate of drug-likeness (QED) is 0.918. The Morgan fingerprint density at radius 2 is 2.24 bits per heavy atom. The van der Waals surface area contributed by atoms with Crippen LogP contribution < -0.4 is 4.74 Å². The van der Waals surface area contributed by atoms with Crippen LogP contribution in [-0.2, 0) is 0 Å². The third-order valence-corrected chi connectivity index (χ3v) is 4.25. The first-order chi connectivity index (χ1) is 8.20. The molecule has 17 heavy (non-hydrogen) atoms. The standard InChI is InChI=1S/C12H10O3S2/c1-15-8-3-2-4-9(7-8)17-12-10(11(13)14)5-6-16-12/h2-7H,1H3,(H,13,14). The molecule has 0 aliphatic heterocycles. The highest BCUT2D eigenvalue weighted by Gasteiger charge is 2.12. The number of carboxylic acids is 1. The van der Waals surface area contributed by atoms with Gasteiger partial charge in [0.25, 0.3) is 0 Å². The van der Waals surface area contributed by atoms with Crippen molar-refractivity contribution in [1.29, 1.82) is 0 Å². The fourth-order valence-corrected chi connectivity index (χ4v) is 3.36. The molecule has 0 spiro atoms. The smallest absolute Gasteiger partial charge is 0.337 e. The van der Waals surface area contributed by atoms with Crippen molar-refractivity contribution in [2.45, 2.75) is 9.10 Å². The van der Waals surface area contributed by atoms with Crippen molar-refractivity contribution in [2.24, 2.45) is 0 Å². The van der Waals surface area contributed by atoms with Crippen molar-refractivity contribution < 1.29 is 14.6 Å². The van der Waals surface area contributed by atoms with Crippen LogP contribution in [0.1, 0.15) is 10.4 Å². The fourth-order valence-electron chi connectivity index (χ4n) is 1.30. The van der Waals surface area contributed by atoms with Crippen LogP contribution in [0.4, 0.5) is 0 Å². The maximum Gasteiger partial charge on any atom is 0.337 e. The largest absolute Gasteiger partial charge is 0.497 e. The predicted octanol–water partition coefficient (Wildman–Crippen LogP) is 3.61. The minimum absolute atomic E-state index is 0.350. The van der Waals surface area contributed by atoms with Crippen LogP contribution in [0.25, 0.3) is 0 Å². The third-order valence-electron chi connectivity index (χ3n) is 2.11. The van der Waals surface area contributed by atoms with Gasteiger partial charge in [-0.3, -0.25) is 0 Å². The lowest BCUT2D eigenvalue weighted by Gasteiger charge is -2.03. The summed E-state index contributed by atoms with van der Waals surface area (Å²) in [5, 5.41) is 10.8. The number of ether oxygens (including phenoxy) is 1. The van der Waals surface area contributed by atoms with Crippen molar-refractivity contribution in [3.05, 3.63) is 41.3 Å². The second kappa shape index (κ2) is 5.25. The first kappa shape index (κ1) is 12.0. The monoisotopic (exact) mass is 266 g/mol. The maximum atomic E-state index is 11.0. The number of hydrogen-bond donors (Lipinski definition) is 1. The van der Waals surface area contributed by atoms with E-state index in [1.54, 1.807) is 18.6 Å². The summed E-state index contributed by atoms with van der Waals surface area (Å²) in [5.41, 5.74) is 0.350. The van der Waals surface area contributed by atoms with E-state index in [1.165, 1.54) is 23.1 Å². The molecular weight excluding hydrogens is 256 g/mol. The summed E-state index contributed by atoms with van der Waals surface area (Å²) in [7, 11) is 1.61. The normalized spacial score (nSPS) is 10.2. The Morgan fingerprint density at radius 1 is 1.41 bits per heavy atom. The molecule has 0 atom stereocenters. The van der Waals surface area contributed by atoms with Crippen LogP contribution in [-0.4, -0.2) is 18.2 Å². The Bertz CT molecular complexity index is 534. The Hall–Kier alpha value is -1.46. The Labute approximate surface area is 107 Å². The van der Waals surface area contributed by atoms with Gasteiger partial charge in [-0.2, -0.15) is 0 Å². The minimum Gasteiger partial charge on any atom is -0.497 e. The lowest BCUT2D eigenvalue weighted by atomic mass is 10.3. The Kier molecular flexibility index (Phi) is 3.71. The number of rotatable bonds is 4. The van der Waals surface area contributed by atoms with Gasteiger partial charge in [-0.05, 0) is 29.6 Å². The van der Waals surface area contributed by atoms with E-state index in [-0.39, 0.29) is 0 Å². The average molecular weight is 266 g/mol. The summed E-state index contributed by atoms with van der Waals surface area (Å²) in [5.74, 6) is -0.125. The first-order valence-electron chi connectivity index (χ1n) is 4.83. The molecule has 0 unspecified atom stereocenters. The van der Waals surface area contributed by atoms with Crippen LogP contribution in [0.15, 0.2) is 44.8 Å². The maximum absolute atomic E-state index is 11.0. The zero-order chi connectivity index (χ0) is 12.3. The van der Waals surface area contributed by atoms with Gasteiger partial charge in [0.05, 0.1) is 16.9 Å². The number of benzene rings is 1. The molecule has 1 N–H and O–H groups in total. The summed E-state index contributed by atoms with van der Waals surface area (Å²) in [4.78, 5) is 11.9. The van der Waals surface area contributed by atoms with E-state index in [0.29, 0.717) is 5.56 Å². The summed E-state index contributed by atoms with van der Waals surface area (Å²) in [6.45, 7) is 0. The molecule has 0 radical (unpaired) electrons. The highest BCUT2D eigenvalue weighted by molar-refractivity contribution is 8.01. The van der Waals surface area contributed by atoms with Crippen molar-refractivity contribution in [1.82, 2.24) is 0 Å². The predicted molar refractivity (Wildman–Crippen MR) is 68.4 cm³/mol. The van der Waals surface area contributed by atoms with E-state index < -0.39 is 5.97 Å². The first-order valence-corrected chi connectivity index (χ1v) is 6.53. The average Bonchev–Trinajstić information content (AvgIpc) is 2.77. The topological polar surface area (TPSA) is 46.5 Å². The van der Waals surface area contributed by atoms with Crippen LogP contribution in [0, 0.1) is 0 Å². The molecule has 1 heterocycles. The van der Waals surface area contributed by atoms with Gasteiger partial charge >= 0.3 is 5.97 Å². The van der Waals surface area contributed by atoms with Crippen LogP contribution in [0.3, 0.4) is 0 Å². The van der Waals surface area contributed by atoms with Crippen LogP contribution in [0.2, 0.25) is 0 Å². The lowest BCUT2D eigenvalue weighted by Crippen LogP contribution is -1.94. The highest BCUT2D eigenvalue weighted by Crippen LogP contribution is 2.35. The summed E-state index contributed by atoms with van der Waals surface area (Å²) in [6, 6.07) is 9.18. The van der Waals surface area contributed by atoms with Crippen LogP contribution in [0.5, 0.6) is 5.75 Å². The van der Waals surface area contributed by atoms with E-state index in [4.69, 9.17) is 9.84 Å². The van der Waals surface area contributed by atoms with Gasteiger partial charge in [0.2, 0.25) is 0 Å². The van der Waals surface area contributed by atoms with Gasteiger partial charge in [-0.15, -0.1) is 11.3 Å². The minimum atomic E-state index is -0.892. The molecular formula is C12H10O3S2. The molecule has 0 saturated heterocycles. The molecule has 1 aromatic carbocycles. The molecule has 0 aliphatic carbocycles. The summed E-state index contributed by atoms with van der Waals surface area (Å²) in [6.07, 6.45) is 0. The van der Waals surface area contributed by atoms with E-state index in [9.17, 15) is 4.79 Å². The SMILES string of the molecule is COc1cccc(Sc2sccc2C(=O)O)c1. The summed E-state index contributed by atoms with van der Waals surface area (Å²) >= 11 is 2.86. The molecule has 0 aliphatic rings. The molecule has 2 aromatic rings. The Morgan fingerprint density at radius 3 is 2.94 bits per heavy atom. The van der Waals surface area contributed by atoms with Gasteiger partial charge in [-0.25, -0.2) is 4.79 Å². The zero-order valence-corrected chi connectivity index (χ0v) is 10.7. The zero-order valence-electron chi connectivity index (χ0n) is 9.04. The number of thiophene rings is 1. The van der Waals surface area contributed by atoms with Gasteiger partial charge < -0.3 is 9.84 Å². The molecule has 1 aromatic heterocycles. The summed E-state index contributed by atoms with van der Waals surface area (Å²) < 4.78 is 5.91. The molecule has 2 rings (SSSR count). The fraction of sp³-hybridized carbons (Fsp3) is 0.0833. The van der Waals surface area contributed by atoms with Crippen LogP contribution >= 0.6 is 23.1 Å². The molecule has 88 valence electrons. The number of aromatic carboxylic acids is 1. The van der Waals surface area contributed by atoms with E-state index >= 15 is 0 Å². The molecule has 0 amide bonds. The second-order valence-corrected chi connectivity index (χ2v) is 5.47. The van der Waals surface area contributed by atoms with Gasteiger partial charge in [-0.1, -0.05) is 17.8 Å². The van der Waals surface area contributed by atoms with Crippen molar-refractivity contribution in [3.8, 4) is 5.75 Å². The van der Waals surface area contributed by atoms with E-state index in [2.05, 4.69) is 0 Å². The molecule has 5 heteroatoms. The lowest BCUT2D eigenvalue weighted by molar-refractivity contribution is 0.0694. The van der Waals surface area contributed by atoms with Gasteiger partial charge in [0.15, 0.2) is 0 Å². The molecule has 0 fully saturated rings. The van der Waals surface area contributed by atoms with E-state index in [0.717, 1.165) is 14.9 Å². The van der Waals surface area contributed by atoms with Gasteiger partial charge in [0, 0.05) is 4.90 Å². The number of carboxylic acid groups (broad SMARTS) is 1.